The quantitative estimate of drug-likeness (QED) is 0.678. The van der Waals surface area contributed by atoms with Crippen LogP contribution in [0, 0.1) is 0 Å². The molecule has 1 heterocycles. The minimum absolute atomic E-state index is 0.741. The van der Waals surface area contributed by atoms with Gasteiger partial charge in [0.15, 0.2) is 0 Å². The Morgan fingerprint density at radius 3 is 2.92 bits per heavy atom. The first-order valence-electron chi connectivity index (χ1n) is 5.12. The van der Waals surface area contributed by atoms with Crippen molar-refractivity contribution in [3.8, 4) is 0 Å². The molecule has 0 N–H and O–H groups in total. The molecular formula is C10H20BrN. The molecule has 2 unspecified atom stereocenters. The molecule has 12 heavy (non-hydrogen) atoms. The molecular weight excluding hydrogens is 214 g/mol. The molecule has 1 saturated heterocycles. The Hall–Kier alpha value is 0.440. The zero-order valence-electron chi connectivity index (χ0n) is 8.22. The second kappa shape index (κ2) is 5.23. The molecule has 0 aromatic rings. The Kier molecular flexibility index (Phi) is 4.59. The lowest BCUT2D eigenvalue weighted by atomic mass is 10.1. The van der Waals surface area contributed by atoms with Gasteiger partial charge in [-0.3, -0.25) is 4.90 Å². The van der Waals surface area contributed by atoms with Crippen LogP contribution in [-0.4, -0.2) is 28.9 Å². The van der Waals surface area contributed by atoms with E-state index in [0.29, 0.717) is 0 Å². The lowest BCUT2D eigenvalue weighted by Gasteiger charge is -2.34. The lowest BCUT2D eigenvalue weighted by Crippen LogP contribution is -2.41. The van der Waals surface area contributed by atoms with Crippen molar-refractivity contribution in [3.05, 3.63) is 0 Å². The molecule has 0 aliphatic carbocycles. The summed E-state index contributed by atoms with van der Waals surface area (Å²) in [7, 11) is 0. The third kappa shape index (κ3) is 3.06. The maximum absolute atomic E-state index is 3.71. The van der Waals surface area contributed by atoms with Gasteiger partial charge in [0, 0.05) is 17.4 Å². The van der Waals surface area contributed by atoms with Crippen LogP contribution in [0.1, 0.15) is 39.5 Å². The Labute approximate surface area is 84.6 Å². The number of piperidine rings is 1. The van der Waals surface area contributed by atoms with Crippen LogP contribution in [0.2, 0.25) is 0 Å². The topological polar surface area (TPSA) is 3.24 Å². The summed E-state index contributed by atoms with van der Waals surface area (Å²) in [6.45, 7) is 7.19. The highest BCUT2D eigenvalue weighted by molar-refractivity contribution is 9.09. The van der Waals surface area contributed by atoms with E-state index in [0.717, 1.165) is 10.9 Å². The maximum atomic E-state index is 3.71. The molecule has 0 aromatic carbocycles. The molecule has 1 nitrogen and oxygen atoms in total. The summed E-state index contributed by atoms with van der Waals surface area (Å²) in [6, 6.07) is 0.787. The van der Waals surface area contributed by atoms with Gasteiger partial charge in [0.2, 0.25) is 0 Å². The van der Waals surface area contributed by atoms with Crippen LogP contribution in [0.5, 0.6) is 0 Å². The molecule has 2 atom stereocenters. The third-order valence-electron chi connectivity index (χ3n) is 2.73. The molecule has 1 rings (SSSR count). The van der Waals surface area contributed by atoms with E-state index >= 15 is 0 Å². The Bertz CT molecular complexity index is 127. The van der Waals surface area contributed by atoms with Gasteiger partial charge < -0.3 is 0 Å². The predicted octanol–water partition coefficient (Wildman–Crippen LogP) is 3.03. The first-order chi connectivity index (χ1) is 5.74. The van der Waals surface area contributed by atoms with Crippen LogP contribution in [0.4, 0.5) is 0 Å². The molecule has 0 saturated carbocycles. The Balaban J connectivity index is 2.29. The summed E-state index contributed by atoms with van der Waals surface area (Å²) >= 11 is 3.71. The van der Waals surface area contributed by atoms with Crippen LogP contribution in [0.25, 0.3) is 0 Å². The van der Waals surface area contributed by atoms with Gasteiger partial charge in [0.1, 0.15) is 0 Å². The molecule has 0 spiro atoms. The summed E-state index contributed by atoms with van der Waals surface area (Å²) in [5.41, 5.74) is 0. The fourth-order valence-electron chi connectivity index (χ4n) is 1.95. The maximum Gasteiger partial charge on any atom is 0.0273 e. The van der Waals surface area contributed by atoms with Crippen LogP contribution in [0.3, 0.4) is 0 Å². The van der Waals surface area contributed by atoms with Crippen molar-refractivity contribution < 1.29 is 0 Å². The van der Waals surface area contributed by atoms with Gasteiger partial charge in [-0.05, 0) is 32.7 Å². The fourth-order valence-corrected chi connectivity index (χ4v) is 2.65. The van der Waals surface area contributed by atoms with Crippen LogP contribution in [-0.2, 0) is 0 Å². The molecule has 1 aliphatic rings. The molecule has 1 aliphatic heterocycles. The summed E-state index contributed by atoms with van der Waals surface area (Å²) < 4.78 is 0. The highest BCUT2D eigenvalue weighted by Gasteiger charge is 2.20. The van der Waals surface area contributed by atoms with Gasteiger partial charge in [0.25, 0.3) is 0 Å². The summed E-state index contributed by atoms with van der Waals surface area (Å²) in [5, 5.41) is 0. The van der Waals surface area contributed by atoms with Crippen molar-refractivity contribution in [1.82, 2.24) is 4.90 Å². The number of likely N-dealkylation sites (tertiary alicyclic amines) is 1. The fraction of sp³-hybridized carbons (Fsp3) is 1.00. The first kappa shape index (κ1) is 10.5. The molecule has 0 amide bonds. The standard InChI is InChI=1S/C10H20BrN/c1-3-5-9(2)12-7-4-6-10(11)8-12/h9-10H,3-8H2,1-2H3. The number of alkyl halides is 1. The van der Waals surface area contributed by atoms with Gasteiger partial charge in [-0.15, -0.1) is 0 Å². The highest BCUT2D eigenvalue weighted by Crippen LogP contribution is 2.20. The molecule has 72 valence electrons. The lowest BCUT2D eigenvalue weighted by molar-refractivity contribution is 0.171. The Morgan fingerprint density at radius 1 is 1.58 bits per heavy atom. The summed E-state index contributed by atoms with van der Waals surface area (Å²) in [6.07, 6.45) is 5.38. The second-order valence-corrected chi connectivity index (χ2v) is 5.17. The van der Waals surface area contributed by atoms with E-state index in [1.165, 1.54) is 38.8 Å². The van der Waals surface area contributed by atoms with Gasteiger partial charge in [-0.2, -0.15) is 0 Å². The van der Waals surface area contributed by atoms with E-state index in [1.54, 1.807) is 0 Å². The largest absolute Gasteiger partial charge is 0.300 e. The van der Waals surface area contributed by atoms with Gasteiger partial charge >= 0.3 is 0 Å². The smallest absolute Gasteiger partial charge is 0.0273 e. The molecule has 0 aromatic heterocycles. The van der Waals surface area contributed by atoms with Crippen LogP contribution in [0.15, 0.2) is 0 Å². The minimum atomic E-state index is 0.741. The zero-order chi connectivity index (χ0) is 8.97. The van der Waals surface area contributed by atoms with Crippen LogP contribution >= 0.6 is 15.9 Å². The normalized spacial score (nSPS) is 28.8. The molecule has 0 radical (unpaired) electrons. The number of nitrogens with zero attached hydrogens (tertiary/aromatic N) is 1. The average Bonchev–Trinajstić information content (AvgIpc) is 2.05. The SMILES string of the molecule is CCCC(C)N1CCCC(Br)C1. The van der Waals surface area contributed by atoms with E-state index < -0.39 is 0 Å². The summed E-state index contributed by atoms with van der Waals surface area (Å²) in [5.74, 6) is 0. The van der Waals surface area contributed by atoms with E-state index in [2.05, 4.69) is 34.7 Å². The molecule has 1 fully saturated rings. The van der Waals surface area contributed by atoms with E-state index in [1.807, 2.05) is 0 Å². The number of hydrogen-bond donors (Lipinski definition) is 0. The van der Waals surface area contributed by atoms with Crippen molar-refractivity contribution in [1.29, 1.82) is 0 Å². The first-order valence-corrected chi connectivity index (χ1v) is 6.03. The molecule has 2 heteroatoms. The monoisotopic (exact) mass is 233 g/mol. The molecule has 0 bridgehead atoms. The van der Waals surface area contributed by atoms with Crippen molar-refractivity contribution in [2.24, 2.45) is 0 Å². The zero-order valence-corrected chi connectivity index (χ0v) is 9.81. The van der Waals surface area contributed by atoms with Crippen molar-refractivity contribution in [2.45, 2.75) is 50.4 Å². The summed E-state index contributed by atoms with van der Waals surface area (Å²) in [4.78, 5) is 3.36. The van der Waals surface area contributed by atoms with Gasteiger partial charge in [-0.25, -0.2) is 0 Å². The highest BCUT2D eigenvalue weighted by atomic mass is 79.9. The second-order valence-electron chi connectivity index (χ2n) is 3.87. The average molecular weight is 234 g/mol. The van der Waals surface area contributed by atoms with Crippen molar-refractivity contribution in [2.75, 3.05) is 13.1 Å². The van der Waals surface area contributed by atoms with Crippen molar-refractivity contribution >= 4 is 15.9 Å². The minimum Gasteiger partial charge on any atom is -0.300 e. The van der Waals surface area contributed by atoms with Gasteiger partial charge in [0.05, 0.1) is 0 Å². The predicted molar refractivity (Wildman–Crippen MR) is 57.9 cm³/mol. The van der Waals surface area contributed by atoms with E-state index in [4.69, 9.17) is 0 Å². The van der Waals surface area contributed by atoms with Crippen LogP contribution < -0.4 is 0 Å². The third-order valence-corrected chi connectivity index (χ3v) is 3.47. The van der Waals surface area contributed by atoms with Crippen molar-refractivity contribution in [3.63, 3.8) is 0 Å². The van der Waals surface area contributed by atoms with E-state index in [-0.39, 0.29) is 0 Å². The number of hydrogen-bond acceptors (Lipinski definition) is 1. The van der Waals surface area contributed by atoms with E-state index in [9.17, 15) is 0 Å². The van der Waals surface area contributed by atoms with Gasteiger partial charge in [-0.1, -0.05) is 29.3 Å². The Morgan fingerprint density at radius 2 is 2.33 bits per heavy atom. The number of rotatable bonds is 3. The number of halogens is 1.